The van der Waals surface area contributed by atoms with Crippen LogP contribution in [0.1, 0.15) is 26.0 Å². The Morgan fingerprint density at radius 1 is 1.48 bits per heavy atom. The van der Waals surface area contributed by atoms with Crippen LogP contribution in [0.3, 0.4) is 0 Å². The summed E-state index contributed by atoms with van der Waals surface area (Å²) >= 11 is 2.59. The van der Waals surface area contributed by atoms with Crippen LogP contribution in [0.15, 0.2) is 34.0 Å². The number of nitrogens with two attached hydrogens (primary N) is 1. The second-order valence-electron chi connectivity index (χ2n) is 6.70. The fraction of sp³-hybridized carbons (Fsp3) is 0.421. The van der Waals surface area contributed by atoms with E-state index in [0.717, 1.165) is 23.3 Å². The average Bonchev–Trinajstić information content (AvgIpc) is 3.19. The lowest BCUT2D eigenvalue weighted by atomic mass is 10.0. The number of aromatic nitrogens is 1. The summed E-state index contributed by atoms with van der Waals surface area (Å²) in [5.41, 5.74) is 6.92. The lowest BCUT2D eigenvalue weighted by molar-refractivity contribution is -0.152. The van der Waals surface area contributed by atoms with E-state index in [9.17, 15) is 14.4 Å². The SMILES string of the molecule is CC/C=C(\C)COC(=O)C1=CCS[C@@H]2C(NC(=O)/C(=N\OC)c3csc(N)n3)C(=O)N12. The van der Waals surface area contributed by atoms with E-state index in [0.29, 0.717) is 5.75 Å². The number of ether oxygens (including phenoxy) is 1. The molecule has 166 valence electrons. The van der Waals surface area contributed by atoms with Gasteiger partial charge in [-0.15, -0.1) is 23.1 Å². The molecule has 31 heavy (non-hydrogen) atoms. The molecule has 3 rings (SSSR count). The summed E-state index contributed by atoms with van der Waals surface area (Å²) in [5, 5.41) is 7.81. The number of rotatable bonds is 8. The van der Waals surface area contributed by atoms with Crippen molar-refractivity contribution in [1.29, 1.82) is 0 Å². The van der Waals surface area contributed by atoms with E-state index in [1.165, 1.54) is 23.8 Å². The Kier molecular flexibility index (Phi) is 7.33. The van der Waals surface area contributed by atoms with Gasteiger partial charge in [0, 0.05) is 11.1 Å². The highest BCUT2D eigenvalue weighted by atomic mass is 32.2. The van der Waals surface area contributed by atoms with Crippen LogP contribution in [0.5, 0.6) is 0 Å². The third kappa shape index (κ3) is 4.90. The Bertz CT molecular complexity index is 971. The van der Waals surface area contributed by atoms with Crippen LogP contribution in [-0.2, 0) is 24.0 Å². The van der Waals surface area contributed by atoms with Gasteiger partial charge >= 0.3 is 5.97 Å². The Morgan fingerprint density at radius 2 is 2.26 bits per heavy atom. The largest absolute Gasteiger partial charge is 0.457 e. The molecule has 0 radical (unpaired) electrons. The Morgan fingerprint density at radius 3 is 2.90 bits per heavy atom. The van der Waals surface area contributed by atoms with Crippen LogP contribution in [0.25, 0.3) is 0 Å². The number of carbonyl (C=O) groups excluding carboxylic acids is 3. The third-order valence-electron chi connectivity index (χ3n) is 4.49. The normalized spacial score (nSPS) is 21.1. The van der Waals surface area contributed by atoms with Gasteiger partial charge in [0.1, 0.15) is 36.5 Å². The first-order valence-electron chi connectivity index (χ1n) is 9.48. The third-order valence-corrected chi connectivity index (χ3v) is 6.35. The van der Waals surface area contributed by atoms with E-state index < -0.39 is 29.2 Å². The molecular weight excluding hydrogens is 442 g/mol. The highest BCUT2D eigenvalue weighted by molar-refractivity contribution is 8.00. The first-order chi connectivity index (χ1) is 14.9. The Labute approximate surface area is 187 Å². The van der Waals surface area contributed by atoms with Gasteiger partial charge in [-0.05, 0) is 25.0 Å². The molecule has 0 bridgehead atoms. The summed E-state index contributed by atoms with van der Waals surface area (Å²) in [6.07, 6.45) is 4.48. The number of thioether (sulfide) groups is 1. The summed E-state index contributed by atoms with van der Waals surface area (Å²) in [7, 11) is 1.30. The number of esters is 1. The van der Waals surface area contributed by atoms with Gasteiger partial charge in [0.25, 0.3) is 11.8 Å². The number of fused-ring (bicyclic) bond motifs is 1. The quantitative estimate of drug-likeness (QED) is 0.193. The van der Waals surface area contributed by atoms with Gasteiger partial charge in [0.2, 0.25) is 0 Å². The number of nitrogen functional groups attached to an aromatic ring is 1. The van der Waals surface area contributed by atoms with Gasteiger partial charge < -0.3 is 20.6 Å². The summed E-state index contributed by atoms with van der Waals surface area (Å²) in [6.45, 7) is 4.04. The molecule has 1 aromatic heterocycles. The lowest BCUT2D eigenvalue weighted by Crippen LogP contribution is -2.70. The molecule has 2 aliphatic rings. The maximum Gasteiger partial charge on any atom is 0.355 e. The number of allylic oxidation sites excluding steroid dienone is 1. The van der Waals surface area contributed by atoms with Crippen LogP contribution in [0.4, 0.5) is 5.13 Å². The number of carbonyl (C=O) groups is 3. The van der Waals surface area contributed by atoms with Gasteiger partial charge in [-0.25, -0.2) is 9.78 Å². The van der Waals surface area contributed by atoms with Crippen molar-refractivity contribution in [3.63, 3.8) is 0 Å². The molecule has 0 aliphatic carbocycles. The van der Waals surface area contributed by atoms with Gasteiger partial charge in [-0.1, -0.05) is 18.2 Å². The number of nitrogens with zero attached hydrogens (tertiary/aromatic N) is 3. The van der Waals surface area contributed by atoms with E-state index in [2.05, 4.69) is 15.5 Å². The van der Waals surface area contributed by atoms with Crippen molar-refractivity contribution in [1.82, 2.24) is 15.2 Å². The predicted octanol–water partition coefficient (Wildman–Crippen LogP) is 1.26. The number of hydrogen-bond donors (Lipinski definition) is 2. The molecule has 10 nitrogen and oxygen atoms in total. The Hall–Kier alpha value is -2.86. The summed E-state index contributed by atoms with van der Waals surface area (Å²) in [5.74, 6) is -1.07. The minimum atomic E-state index is -0.811. The molecule has 0 aromatic carbocycles. The number of oxime groups is 1. The predicted molar refractivity (Wildman–Crippen MR) is 118 cm³/mol. The van der Waals surface area contributed by atoms with Gasteiger partial charge in [-0.3, -0.25) is 14.5 Å². The summed E-state index contributed by atoms with van der Waals surface area (Å²) in [4.78, 5) is 48.1. The van der Waals surface area contributed by atoms with E-state index in [1.807, 2.05) is 19.9 Å². The molecule has 1 aromatic rings. The van der Waals surface area contributed by atoms with Crippen molar-refractivity contribution >= 4 is 51.7 Å². The fourth-order valence-corrected chi connectivity index (χ4v) is 4.83. The first-order valence-corrected chi connectivity index (χ1v) is 11.4. The van der Waals surface area contributed by atoms with Gasteiger partial charge in [0.05, 0.1) is 0 Å². The monoisotopic (exact) mass is 465 g/mol. The highest BCUT2D eigenvalue weighted by Crippen LogP contribution is 2.37. The van der Waals surface area contributed by atoms with Crippen molar-refractivity contribution in [2.75, 3.05) is 25.2 Å². The second kappa shape index (κ2) is 9.96. The van der Waals surface area contributed by atoms with Crippen molar-refractivity contribution in [3.8, 4) is 0 Å². The molecule has 1 fully saturated rings. The number of β-lactam (4-membered cyclic amide) rings is 1. The zero-order valence-corrected chi connectivity index (χ0v) is 18.9. The van der Waals surface area contributed by atoms with Crippen molar-refractivity contribution in [2.24, 2.45) is 5.16 Å². The maximum absolute atomic E-state index is 12.7. The standard InChI is InChI=1S/C19H23N5O5S2/c1-4-5-10(2)8-29-18(27)12-6-7-30-17-14(16(26)24(12)17)22-15(25)13(23-28-3)11-9-31-19(20)21-11/h5-6,9,14,17H,4,7-8H2,1-3H3,(H2,20,21)(H,22,25)/b10-5+,23-13-/t14?,17-/m1/s1. The van der Waals surface area contributed by atoms with Gasteiger partial charge in [-0.2, -0.15) is 0 Å². The number of hydrogen-bond acceptors (Lipinski definition) is 10. The average molecular weight is 466 g/mol. The maximum atomic E-state index is 12.7. The van der Waals surface area contributed by atoms with Crippen LogP contribution in [0.2, 0.25) is 0 Å². The number of nitrogens with one attached hydrogen (secondary N) is 1. The molecule has 0 saturated carbocycles. The van der Waals surface area contributed by atoms with Gasteiger partial charge in [0.15, 0.2) is 10.8 Å². The topological polar surface area (TPSA) is 136 Å². The van der Waals surface area contributed by atoms with Crippen LogP contribution >= 0.6 is 23.1 Å². The molecule has 1 unspecified atom stereocenters. The smallest absolute Gasteiger partial charge is 0.355 e. The van der Waals surface area contributed by atoms with Crippen LogP contribution < -0.4 is 11.1 Å². The molecule has 3 N–H and O–H groups in total. The lowest BCUT2D eigenvalue weighted by Gasteiger charge is -2.48. The van der Waals surface area contributed by atoms with Crippen molar-refractivity contribution in [2.45, 2.75) is 31.7 Å². The zero-order valence-electron chi connectivity index (χ0n) is 17.3. The van der Waals surface area contributed by atoms with E-state index in [4.69, 9.17) is 15.3 Å². The minimum absolute atomic E-state index is 0.0872. The number of anilines is 1. The van der Waals surface area contributed by atoms with Crippen molar-refractivity contribution in [3.05, 3.63) is 34.5 Å². The number of thiazole rings is 1. The summed E-state index contributed by atoms with van der Waals surface area (Å²) < 4.78 is 5.32. The van der Waals surface area contributed by atoms with E-state index in [-0.39, 0.29) is 28.8 Å². The molecular formula is C19H23N5O5S2. The fourth-order valence-electron chi connectivity index (χ4n) is 3.09. The summed E-state index contributed by atoms with van der Waals surface area (Å²) in [6, 6.07) is -0.811. The molecule has 2 aliphatic heterocycles. The first kappa shape index (κ1) is 22.8. The molecule has 2 amide bonds. The van der Waals surface area contributed by atoms with Crippen molar-refractivity contribution < 1.29 is 24.0 Å². The number of amides is 2. The minimum Gasteiger partial charge on any atom is -0.457 e. The molecule has 3 heterocycles. The molecule has 2 atom stereocenters. The second-order valence-corrected chi connectivity index (χ2v) is 8.74. The molecule has 0 spiro atoms. The van der Waals surface area contributed by atoms with Crippen LogP contribution in [-0.4, -0.2) is 64.3 Å². The van der Waals surface area contributed by atoms with Crippen LogP contribution in [0, 0.1) is 0 Å². The van der Waals surface area contributed by atoms with E-state index >= 15 is 0 Å². The molecule has 12 heteroatoms. The van der Waals surface area contributed by atoms with E-state index in [1.54, 1.807) is 11.5 Å². The molecule has 1 saturated heterocycles. The highest BCUT2D eigenvalue weighted by Gasteiger charge is 2.53. The Balaban J connectivity index is 1.66. The zero-order chi connectivity index (χ0) is 22.5.